The highest BCUT2D eigenvalue weighted by Crippen LogP contribution is 2.20. The lowest BCUT2D eigenvalue weighted by molar-refractivity contribution is 0.145. The monoisotopic (exact) mass is 210 g/mol. The van der Waals surface area contributed by atoms with Crippen LogP contribution in [0.5, 0.6) is 0 Å². The Kier molecular flexibility index (Phi) is 2.36. The topological polar surface area (TPSA) is 73.4 Å². The molecule has 15 heavy (non-hydrogen) atoms. The number of anilines is 1. The summed E-state index contributed by atoms with van der Waals surface area (Å²) >= 11 is 0. The molecule has 1 aliphatic heterocycles. The van der Waals surface area contributed by atoms with E-state index in [1.165, 1.54) is 4.90 Å². The lowest BCUT2D eigenvalue weighted by Crippen LogP contribution is -2.27. The van der Waals surface area contributed by atoms with Crippen molar-refractivity contribution in [3.63, 3.8) is 0 Å². The summed E-state index contributed by atoms with van der Waals surface area (Å²) in [4.78, 5) is 13.0. The molecule has 1 aromatic heterocycles. The van der Waals surface area contributed by atoms with Gasteiger partial charge in [0.2, 0.25) is 0 Å². The summed E-state index contributed by atoms with van der Waals surface area (Å²) in [7, 11) is 1.83. The zero-order valence-electron chi connectivity index (χ0n) is 8.80. The molecule has 6 nitrogen and oxygen atoms in total. The van der Waals surface area contributed by atoms with Crippen LogP contribution in [0.25, 0.3) is 0 Å². The molecule has 0 saturated carbocycles. The van der Waals surface area contributed by atoms with Gasteiger partial charge in [0, 0.05) is 25.4 Å². The van der Waals surface area contributed by atoms with Gasteiger partial charge >= 0.3 is 6.09 Å². The Labute approximate surface area is 87.6 Å². The van der Waals surface area contributed by atoms with Crippen LogP contribution in [0.3, 0.4) is 0 Å². The first-order valence-electron chi connectivity index (χ1n) is 4.80. The molecule has 1 unspecified atom stereocenters. The van der Waals surface area contributed by atoms with E-state index >= 15 is 0 Å². The predicted octanol–water partition coefficient (Wildman–Crippen LogP) is 0.0124. The third-order valence-corrected chi connectivity index (χ3v) is 2.51. The van der Waals surface area contributed by atoms with Crippen LogP contribution in [0.1, 0.15) is 5.69 Å². The van der Waals surface area contributed by atoms with E-state index in [9.17, 15) is 4.79 Å². The molecule has 2 heterocycles. The standard InChI is InChI=1S/C9H14N4O2/c1-6-3-8(11-12(6)2)13-5-7(4-10)15-9(13)14/h3,7H,4-5,10H2,1-2H3. The maximum absolute atomic E-state index is 11.5. The smallest absolute Gasteiger partial charge is 0.416 e. The maximum Gasteiger partial charge on any atom is 0.416 e. The molecule has 82 valence electrons. The van der Waals surface area contributed by atoms with Crippen molar-refractivity contribution in [2.24, 2.45) is 12.8 Å². The number of aryl methyl sites for hydroxylation is 2. The Balaban J connectivity index is 2.21. The number of aromatic nitrogens is 2. The molecule has 0 spiro atoms. The number of rotatable bonds is 2. The fraction of sp³-hybridized carbons (Fsp3) is 0.556. The summed E-state index contributed by atoms with van der Waals surface area (Å²) in [6, 6.07) is 1.85. The first kappa shape index (κ1) is 9.97. The van der Waals surface area contributed by atoms with Crippen molar-refractivity contribution < 1.29 is 9.53 Å². The van der Waals surface area contributed by atoms with Crippen molar-refractivity contribution in [1.29, 1.82) is 0 Å². The minimum atomic E-state index is -0.372. The third-order valence-electron chi connectivity index (χ3n) is 2.51. The second-order valence-corrected chi connectivity index (χ2v) is 3.62. The van der Waals surface area contributed by atoms with Gasteiger partial charge in [-0.25, -0.2) is 4.79 Å². The van der Waals surface area contributed by atoms with E-state index in [0.717, 1.165) is 5.69 Å². The molecule has 0 radical (unpaired) electrons. The first-order chi connectivity index (χ1) is 7.11. The van der Waals surface area contributed by atoms with Crippen molar-refractivity contribution in [3.8, 4) is 0 Å². The number of ether oxygens (including phenoxy) is 1. The molecule has 1 atom stereocenters. The molecule has 0 aromatic carbocycles. The summed E-state index contributed by atoms with van der Waals surface area (Å²) < 4.78 is 6.76. The summed E-state index contributed by atoms with van der Waals surface area (Å²) in [5.41, 5.74) is 6.44. The molecule has 1 fully saturated rings. The zero-order valence-corrected chi connectivity index (χ0v) is 8.80. The van der Waals surface area contributed by atoms with Gasteiger partial charge in [-0.2, -0.15) is 5.10 Å². The van der Waals surface area contributed by atoms with E-state index in [-0.39, 0.29) is 12.2 Å². The summed E-state index contributed by atoms with van der Waals surface area (Å²) in [6.45, 7) is 2.75. The molecule has 6 heteroatoms. The highest BCUT2D eigenvalue weighted by atomic mass is 16.6. The van der Waals surface area contributed by atoms with E-state index in [2.05, 4.69) is 5.10 Å². The quantitative estimate of drug-likeness (QED) is 0.746. The van der Waals surface area contributed by atoms with Gasteiger partial charge in [0.05, 0.1) is 6.54 Å². The van der Waals surface area contributed by atoms with Crippen molar-refractivity contribution >= 4 is 11.9 Å². The summed E-state index contributed by atoms with van der Waals surface area (Å²) in [5, 5.41) is 4.21. The highest BCUT2D eigenvalue weighted by Gasteiger charge is 2.32. The van der Waals surface area contributed by atoms with Crippen LogP contribution in [0, 0.1) is 6.92 Å². The lowest BCUT2D eigenvalue weighted by atomic mass is 10.3. The van der Waals surface area contributed by atoms with Crippen molar-refractivity contribution in [2.75, 3.05) is 18.0 Å². The van der Waals surface area contributed by atoms with Crippen molar-refractivity contribution in [3.05, 3.63) is 11.8 Å². The minimum absolute atomic E-state index is 0.222. The van der Waals surface area contributed by atoms with E-state index in [4.69, 9.17) is 10.5 Å². The highest BCUT2D eigenvalue weighted by molar-refractivity contribution is 5.88. The number of nitrogens with two attached hydrogens (primary N) is 1. The predicted molar refractivity (Wildman–Crippen MR) is 54.6 cm³/mol. The van der Waals surface area contributed by atoms with Crippen LogP contribution in [0.4, 0.5) is 10.6 Å². The van der Waals surface area contributed by atoms with Crippen LogP contribution in [0.2, 0.25) is 0 Å². The Hall–Kier alpha value is -1.56. The van der Waals surface area contributed by atoms with Gasteiger partial charge in [-0.05, 0) is 6.92 Å². The zero-order chi connectivity index (χ0) is 11.0. The van der Waals surface area contributed by atoms with Gasteiger partial charge in [-0.15, -0.1) is 0 Å². The van der Waals surface area contributed by atoms with Gasteiger partial charge < -0.3 is 10.5 Å². The van der Waals surface area contributed by atoms with Crippen LogP contribution < -0.4 is 10.6 Å². The molecule has 1 aromatic rings. The number of amides is 1. The van der Waals surface area contributed by atoms with Gasteiger partial charge in [0.1, 0.15) is 6.10 Å². The summed E-state index contributed by atoms with van der Waals surface area (Å²) in [5.74, 6) is 0.621. The maximum atomic E-state index is 11.5. The fourth-order valence-corrected chi connectivity index (χ4v) is 1.50. The molecule has 0 bridgehead atoms. The molecule has 1 saturated heterocycles. The Morgan fingerprint density at radius 2 is 2.47 bits per heavy atom. The van der Waals surface area contributed by atoms with E-state index in [1.807, 2.05) is 20.0 Å². The molecular formula is C9H14N4O2. The second-order valence-electron chi connectivity index (χ2n) is 3.62. The first-order valence-corrected chi connectivity index (χ1v) is 4.80. The van der Waals surface area contributed by atoms with Gasteiger partial charge in [-0.1, -0.05) is 0 Å². The molecule has 2 N–H and O–H groups in total. The SMILES string of the molecule is Cc1cc(N2CC(CN)OC2=O)nn1C. The lowest BCUT2D eigenvalue weighted by Gasteiger charge is -2.07. The second kappa shape index (κ2) is 3.54. The average Bonchev–Trinajstić information content (AvgIpc) is 2.71. The average molecular weight is 210 g/mol. The van der Waals surface area contributed by atoms with Crippen LogP contribution in [-0.4, -0.2) is 35.1 Å². The molecule has 0 aliphatic carbocycles. The van der Waals surface area contributed by atoms with Gasteiger partial charge in [0.15, 0.2) is 5.82 Å². The number of carbonyl (C=O) groups is 1. The van der Waals surface area contributed by atoms with Crippen LogP contribution >= 0.6 is 0 Å². The third kappa shape index (κ3) is 1.68. The Bertz CT molecular complexity index is 368. The Morgan fingerprint density at radius 3 is 2.93 bits per heavy atom. The number of hydrogen-bond donors (Lipinski definition) is 1. The molecule has 1 aliphatic rings. The number of carbonyl (C=O) groups excluding carboxylic acids is 1. The van der Waals surface area contributed by atoms with E-state index < -0.39 is 0 Å². The number of nitrogens with zero attached hydrogens (tertiary/aromatic N) is 3. The Morgan fingerprint density at radius 1 is 1.73 bits per heavy atom. The largest absolute Gasteiger partial charge is 0.443 e. The molecular weight excluding hydrogens is 196 g/mol. The van der Waals surface area contributed by atoms with Gasteiger partial charge in [0.25, 0.3) is 0 Å². The number of hydrogen-bond acceptors (Lipinski definition) is 4. The fourth-order valence-electron chi connectivity index (χ4n) is 1.50. The molecule has 1 amide bonds. The number of cyclic esters (lactones) is 1. The minimum Gasteiger partial charge on any atom is -0.443 e. The van der Waals surface area contributed by atoms with Crippen molar-refractivity contribution in [2.45, 2.75) is 13.0 Å². The van der Waals surface area contributed by atoms with Crippen LogP contribution in [-0.2, 0) is 11.8 Å². The normalized spacial score (nSPS) is 20.9. The molecule has 2 rings (SSSR count). The van der Waals surface area contributed by atoms with Gasteiger partial charge in [-0.3, -0.25) is 9.58 Å². The van der Waals surface area contributed by atoms with E-state index in [0.29, 0.717) is 18.9 Å². The van der Waals surface area contributed by atoms with E-state index in [1.54, 1.807) is 4.68 Å². The summed E-state index contributed by atoms with van der Waals surface area (Å²) in [6.07, 6.45) is -0.594. The van der Waals surface area contributed by atoms with Crippen molar-refractivity contribution in [1.82, 2.24) is 9.78 Å². The van der Waals surface area contributed by atoms with Crippen LogP contribution in [0.15, 0.2) is 6.07 Å².